The molecule has 2 rings (SSSR count). The molecule has 100 valence electrons. The number of fused-ring (bicyclic) bond motifs is 1. The molecule has 0 radical (unpaired) electrons. The molecule has 0 saturated carbocycles. The van der Waals surface area contributed by atoms with E-state index in [4.69, 9.17) is 4.74 Å². The normalized spacial score (nSPS) is 19.7. The van der Waals surface area contributed by atoms with Crippen LogP contribution in [0, 0.1) is 0 Å². The van der Waals surface area contributed by atoms with Crippen LogP contribution in [-0.2, 0) is 19.5 Å². The van der Waals surface area contributed by atoms with Gasteiger partial charge in [-0.1, -0.05) is 13.0 Å². The Balaban J connectivity index is 2.34. The summed E-state index contributed by atoms with van der Waals surface area (Å²) < 4.78 is 5.50. The Bertz CT molecular complexity index is 417. The summed E-state index contributed by atoms with van der Waals surface area (Å²) in [5.74, 6) is 1.01. The molecule has 18 heavy (non-hydrogen) atoms. The van der Waals surface area contributed by atoms with Crippen molar-refractivity contribution in [3.05, 3.63) is 28.8 Å². The van der Waals surface area contributed by atoms with Gasteiger partial charge < -0.3 is 10.1 Å². The zero-order valence-electron chi connectivity index (χ0n) is 11.9. The summed E-state index contributed by atoms with van der Waals surface area (Å²) in [6, 6.07) is 5.17. The lowest BCUT2D eigenvalue weighted by atomic mass is 9.92. The van der Waals surface area contributed by atoms with Gasteiger partial charge in [-0.25, -0.2) is 0 Å². The van der Waals surface area contributed by atoms with Crippen LogP contribution >= 0.6 is 0 Å². The summed E-state index contributed by atoms with van der Waals surface area (Å²) in [5.41, 5.74) is 4.17. The number of hydrogen-bond acceptors (Lipinski definition) is 3. The van der Waals surface area contributed by atoms with Crippen LogP contribution in [0.4, 0.5) is 0 Å². The molecule has 0 aromatic heterocycles. The molecule has 0 aliphatic carbocycles. The number of hydrogen-bond donors (Lipinski definition) is 1. The first-order chi connectivity index (χ1) is 8.69. The molecule has 0 fully saturated rings. The molecule has 1 aromatic rings. The minimum absolute atomic E-state index is 0.637. The molecule has 0 saturated heterocycles. The van der Waals surface area contributed by atoms with Crippen molar-refractivity contribution in [3.63, 3.8) is 0 Å². The number of methoxy groups -OCH3 is 1. The Kier molecular flexibility index (Phi) is 4.25. The highest BCUT2D eigenvalue weighted by Crippen LogP contribution is 2.29. The molecule has 0 spiro atoms. The fourth-order valence-corrected chi connectivity index (χ4v) is 2.82. The third-order valence-electron chi connectivity index (χ3n) is 3.89. The summed E-state index contributed by atoms with van der Waals surface area (Å²) in [6.07, 6.45) is 1.14. The Morgan fingerprint density at radius 1 is 1.39 bits per heavy atom. The van der Waals surface area contributed by atoms with E-state index in [1.54, 1.807) is 7.11 Å². The van der Waals surface area contributed by atoms with E-state index in [1.165, 1.54) is 16.7 Å². The Labute approximate surface area is 110 Å². The van der Waals surface area contributed by atoms with Gasteiger partial charge in [-0.15, -0.1) is 0 Å². The first-order valence-electron chi connectivity index (χ1n) is 6.76. The van der Waals surface area contributed by atoms with Gasteiger partial charge in [-0.05, 0) is 44.1 Å². The molecule has 1 aliphatic rings. The third kappa shape index (κ3) is 2.52. The minimum atomic E-state index is 0.637. The van der Waals surface area contributed by atoms with Gasteiger partial charge in [0.1, 0.15) is 5.75 Å². The van der Waals surface area contributed by atoms with Crippen LogP contribution in [0.2, 0.25) is 0 Å². The van der Waals surface area contributed by atoms with Crippen LogP contribution in [0.15, 0.2) is 12.1 Å². The van der Waals surface area contributed by atoms with Crippen molar-refractivity contribution in [2.24, 2.45) is 0 Å². The van der Waals surface area contributed by atoms with E-state index in [2.05, 4.69) is 36.2 Å². The average Bonchev–Trinajstić information content (AvgIpc) is 2.37. The highest BCUT2D eigenvalue weighted by molar-refractivity contribution is 5.44. The van der Waals surface area contributed by atoms with Crippen LogP contribution in [0.3, 0.4) is 0 Å². The van der Waals surface area contributed by atoms with E-state index < -0.39 is 0 Å². The van der Waals surface area contributed by atoms with E-state index >= 15 is 0 Å². The van der Waals surface area contributed by atoms with E-state index in [-0.39, 0.29) is 0 Å². The average molecular weight is 248 g/mol. The summed E-state index contributed by atoms with van der Waals surface area (Å²) in [6.45, 7) is 7.56. The topological polar surface area (TPSA) is 24.5 Å². The number of benzene rings is 1. The predicted octanol–water partition coefficient (Wildman–Crippen LogP) is 2.18. The summed E-state index contributed by atoms with van der Waals surface area (Å²) in [7, 11) is 3.73. The second-order valence-electron chi connectivity index (χ2n) is 5.08. The van der Waals surface area contributed by atoms with Crippen LogP contribution in [0.25, 0.3) is 0 Å². The SMILES string of the molecule is CCN1Cc2cc(OC)c(CNC)cc2CC1C. The van der Waals surface area contributed by atoms with Gasteiger partial charge in [0.15, 0.2) is 0 Å². The fourth-order valence-electron chi connectivity index (χ4n) is 2.82. The van der Waals surface area contributed by atoms with Gasteiger partial charge in [0.05, 0.1) is 7.11 Å². The van der Waals surface area contributed by atoms with Crippen molar-refractivity contribution < 1.29 is 4.74 Å². The quantitative estimate of drug-likeness (QED) is 0.884. The smallest absolute Gasteiger partial charge is 0.123 e. The van der Waals surface area contributed by atoms with Gasteiger partial charge in [-0.2, -0.15) is 0 Å². The van der Waals surface area contributed by atoms with Crippen LogP contribution < -0.4 is 10.1 Å². The maximum absolute atomic E-state index is 5.50. The highest BCUT2D eigenvalue weighted by Gasteiger charge is 2.22. The molecule has 3 heteroatoms. The van der Waals surface area contributed by atoms with Gasteiger partial charge >= 0.3 is 0 Å². The first-order valence-corrected chi connectivity index (χ1v) is 6.76. The van der Waals surface area contributed by atoms with Crippen LogP contribution in [0.1, 0.15) is 30.5 Å². The van der Waals surface area contributed by atoms with Gasteiger partial charge in [0.25, 0.3) is 0 Å². The van der Waals surface area contributed by atoms with Crippen molar-refractivity contribution in [1.29, 1.82) is 0 Å². The zero-order chi connectivity index (χ0) is 13.1. The largest absolute Gasteiger partial charge is 0.496 e. The molecule has 1 unspecified atom stereocenters. The number of nitrogens with zero attached hydrogens (tertiary/aromatic N) is 1. The fraction of sp³-hybridized carbons (Fsp3) is 0.600. The Morgan fingerprint density at radius 3 is 2.78 bits per heavy atom. The maximum atomic E-state index is 5.50. The second kappa shape index (κ2) is 5.72. The van der Waals surface area contributed by atoms with Crippen LogP contribution in [0.5, 0.6) is 5.75 Å². The molecule has 0 bridgehead atoms. The van der Waals surface area contributed by atoms with Crippen molar-refractivity contribution >= 4 is 0 Å². The van der Waals surface area contributed by atoms with E-state index in [9.17, 15) is 0 Å². The van der Waals surface area contributed by atoms with Crippen molar-refractivity contribution in [3.8, 4) is 5.75 Å². The van der Waals surface area contributed by atoms with Crippen molar-refractivity contribution in [2.45, 2.75) is 39.4 Å². The predicted molar refractivity (Wildman–Crippen MR) is 75.0 cm³/mol. The molecule has 1 aliphatic heterocycles. The standard InChI is InChI=1S/C15H24N2O/c1-5-17-10-14-8-15(18-4)13(9-16-3)7-12(14)6-11(17)2/h7-8,11,16H,5-6,9-10H2,1-4H3. The van der Waals surface area contributed by atoms with E-state index in [0.717, 1.165) is 31.8 Å². The minimum Gasteiger partial charge on any atom is -0.496 e. The highest BCUT2D eigenvalue weighted by atomic mass is 16.5. The summed E-state index contributed by atoms with van der Waals surface area (Å²) in [5, 5.41) is 3.21. The number of likely N-dealkylation sites (N-methyl/N-ethyl adjacent to an activating group) is 1. The maximum Gasteiger partial charge on any atom is 0.123 e. The number of ether oxygens (including phenoxy) is 1. The number of nitrogens with one attached hydrogen (secondary N) is 1. The Morgan fingerprint density at radius 2 is 2.17 bits per heavy atom. The van der Waals surface area contributed by atoms with E-state index in [0.29, 0.717) is 6.04 Å². The van der Waals surface area contributed by atoms with Crippen molar-refractivity contribution in [1.82, 2.24) is 10.2 Å². The number of rotatable bonds is 4. The van der Waals surface area contributed by atoms with Gasteiger partial charge in [-0.3, -0.25) is 4.90 Å². The molecule has 3 nitrogen and oxygen atoms in total. The second-order valence-corrected chi connectivity index (χ2v) is 5.08. The Hall–Kier alpha value is -1.06. The summed E-state index contributed by atoms with van der Waals surface area (Å²) >= 11 is 0. The lowest BCUT2D eigenvalue weighted by Crippen LogP contribution is -2.38. The van der Waals surface area contributed by atoms with Crippen LogP contribution in [-0.4, -0.2) is 31.6 Å². The molecular formula is C15H24N2O. The molecule has 1 atom stereocenters. The third-order valence-corrected chi connectivity index (χ3v) is 3.89. The molecule has 0 amide bonds. The summed E-state index contributed by atoms with van der Waals surface area (Å²) in [4.78, 5) is 2.51. The van der Waals surface area contributed by atoms with Gasteiger partial charge in [0, 0.05) is 24.7 Å². The monoisotopic (exact) mass is 248 g/mol. The lowest BCUT2D eigenvalue weighted by molar-refractivity contribution is 0.194. The molecule has 1 N–H and O–H groups in total. The van der Waals surface area contributed by atoms with E-state index in [1.807, 2.05) is 7.05 Å². The zero-order valence-corrected chi connectivity index (χ0v) is 11.9. The molecule has 1 heterocycles. The molecular weight excluding hydrogens is 224 g/mol. The van der Waals surface area contributed by atoms with Crippen molar-refractivity contribution in [2.75, 3.05) is 20.7 Å². The van der Waals surface area contributed by atoms with Gasteiger partial charge in [0.2, 0.25) is 0 Å². The molecule has 1 aromatic carbocycles. The lowest BCUT2D eigenvalue weighted by Gasteiger charge is -2.34. The first kappa shape index (κ1) is 13.4.